The van der Waals surface area contributed by atoms with Crippen molar-refractivity contribution in [3.8, 4) is 0 Å². The van der Waals surface area contributed by atoms with E-state index in [1.165, 1.54) is 6.08 Å². The van der Waals surface area contributed by atoms with E-state index in [1.54, 1.807) is 23.6 Å². The second-order valence-corrected chi connectivity index (χ2v) is 3.60. The predicted molar refractivity (Wildman–Crippen MR) is 52.7 cm³/mol. The molecular weight excluding hydrogens is 186 g/mol. The third kappa shape index (κ3) is 3.66. The standard InChI is InChI=1S/C9H9NO2S/c1-7-10-6-8(13-7)4-2-3-5-9(11)12/h2-6H,1H3,(H,11,12)/b4-2+,5-3+. The fourth-order valence-electron chi connectivity index (χ4n) is 0.743. The number of carbonyl (C=O) groups is 1. The van der Waals surface area contributed by atoms with Gasteiger partial charge >= 0.3 is 5.97 Å². The molecule has 0 atom stereocenters. The molecular formula is C9H9NO2S. The van der Waals surface area contributed by atoms with Gasteiger partial charge in [0.25, 0.3) is 0 Å². The molecule has 3 nitrogen and oxygen atoms in total. The first-order chi connectivity index (χ1) is 6.18. The van der Waals surface area contributed by atoms with Crippen LogP contribution in [0, 0.1) is 6.92 Å². The lowest BCUT2D eigenvalue weighted by Crippen LogP contribution is -1.84. The molecule has 13 heavy (non-hydrogen) atoms. The Morgan fingerprint density at radius 3 is 2.92 bits per heavy atom. The number of carboxylic acid groups (broad SMARTS) is 1. The fraction of sp³-hybridized carbons (Fsp3) is 0.111. The van der Waals surface area contributed by atoms with E-state index in [0.29, 0.717) is 0 Å². The van der Waals surface area contributed by atoms with Crippen molar-refractivity contribution in [2.45, 2.75) is 6.92 Å². The number of aliphatic carboxylic acids is 1. The van der Waals surface area contributed by atoms with Gasteiger partial charge in [-0.05, 0) is 13.0 Å². The Balaban J connectivity index is 2.54. The van der Waals surface area contributed by atoms with Gasteiger partial charge in [-0.1, -0.05) is 12.2 Å². The topological polar surface area (TPSA) is 50.2 Å². The summed E-state index contributed by atoms with van der Waals surface area (Å²) in [6.45, 7) is 1.93. The number of allylic oxidation sites excluding steroid dienone is 2. The summed E-state index contributed by atoms with van der Waals surface area (Å²) in [7, 11) is 0. The SMILES string of the molecule is Cc1ncc(/C=C/C=C/C(=O)O)s1. The molecule has 0 bridgehead atoms. The second kappa shape index (κ2) is 4.57. The lowest BCUT2D eigenvalue weighted by Gasteiger charge is -1.78. The van der Waals surface area contributed by atoms with Crippen LogP contribution in [0.25, 0.3) is 6.08 Å². The Morgan fingerprint density at radius 1 is 1.62 bits per heavy atom. The predicted octanol–water partition coefficient (Wildman–Crippen LogP) is 2.11. The summed E-state index contributed by atoms with van der Waals surface area (Å²) in [5.74, 6) is -0.940. The van der Waals surface area contributed by atoms with Crippen LogP contribution in [-0.2, 0) is 4.79 Å². The maximum absolute atomic E-state index is 10.1. The molecule has 0 saturated heterocycles. The van der Waals surface area contributed by atoms with E-state index in [2.05, 4.69) is 4.98 Å². The molecule has 68 valence electrons. The van der Waals surface area contributed by atoms with Crippen molar-refractivity contribution in [3.05, 3.63) is 34.3 Å². The van der Waals surface area contributed by atoms with E-state index in [1.807, 2.05) is 13.0 Å². The van der Waals surface area contributed by atoms with Crippen LogP contribution < -0.4 is 0 Å². The molecule has 0 fully saturated rings. The number of aryl methyl sites for hydroxylation is 1. The summed E-state index contributed by atoms with van der Waals surface area (Å²) >= 11 is 1.57. The van der Waals surface area contributed by atoms with E-state index in [0.717, 1.165) is 16.0 Å². The lowest BCUT2D eigenvalue weighted by atomic mass is 10.4. The van der Waals surface area contributed by atoms with Gasteiger partial charge in [0, 0.05) is 17.2 Å². The molecule has 0 spiro atoms. The zero-order chi connectivity index (χ0) is 9.68. The summed E-state index contributed by atoms with van der Waals surface area (Å²) in [6.07, 6.45) is 7.83. The molecule has 1 rings (SSSR count). The molecule has 0 aliphatic carbocycles. The minimum atomic E-state index is -0.940. The van der Waals surface area contributed by atoms with E-state index < -0.39 is 5.97 Å². The smallest absolute Gasteiger partial charge is 0.328 e. The van der Waals surface area contributed by atoms with Crippen molar-refractivity contribution < 1.29 is 9.90 Å². The highest BCUT2D eigenvalue weighted by atomic mass is 32.1. The molecule has 0 aliphatic heterocycles. The van der Waals surface area contributed by atoms with Crippen molar-refractivity contribution in [3.63, 3.8) is 0 Å². The average molecular weight is 195 g/mol. The van der Waals surface area contributed by atoms with Crippen LogP contribution in [0.15, 0.2) is 24.4 Å². The minimum Gasteiger partial charge on any atom is -0.478 e. The molecule has 4 heteroatoms. The molecule has 1 heterocycles. The van der Waals surface area contributed by atoms with E-state index >= 15 is 0 Å². The number of thiazole rings is 1. The van der Waals surface area contributed by atoms with E-state index in [-0.39, 0.29) is 0 Å². The molecule has 1 aromatic heterocycles. The van der Waals surface area contributed by atoms with Gasteiger partial charge in [-0.25, -0.2) is 9.78 Å². The number of carboxylic acids is 1. The highest BCUT2D eigenvalue weighted by Gasteiger charge is 1.90. The summed E-state index contributed by atoms with van der Waals surface area (Å²) in [5, 5.41) is 9.29. The van der Waals surface area contributed by atoms with Gasteiger partial charge in [-0.3, -0.25) is 0 Å². The maximum Gasteiger partial charge on any atom is 0.328 e. The quantitative estimate of drug-likeness (QED) is 0.593. The Morgan fingerprint density at radius 2 is 2.38 bits per heavy atom. The first-order valence-corrected chi connectivity index (χ1v) is 4.50. The van der Waals surface area contributed by atoms with Gasteiger partial charge in [-0.15, -0.1) is 11.3 Å². The highest BCUT2D eigenvalue weighted by molar-refractivity contribution is 7.12. The third-order valence-corrected chi connectivity index (χ3v) is 2.13. The number of rotatable bonds is 3. The van der Waals surface area contributed by atoms with Crippen LogP contribution in [0.5, 0.6) is 0 Å². The fourth-order valence-corrected chi connectivity index (χ4v) is 1.44. The summed E-state index contributed by atoms with van der Waals surface area (Å²) in [4.78, 5) is 15.2. The highest BCUT2D eigenvalue weighted by Crippen LogP contribution is 2.12. The van der Waals surface area contributed by atoms with Crippen molar-refractivity contribution in [2.75, 3.05) is 0 Å². The normalized spacial score (nSPS) is 11.5. The van der Waals surface area contributed by atoms with Crippen molar-refractivity contribution >= 4 is 23.4 Å². The molecule has 0 saturated carbocycles. The maximum atomic E-state index is 10.1. The Kier molecular flexibility index (Phi) is 3.40. The van der Waals surface area contributed by atoms with Crippen LogP contribution in [-0.4, -0.2) is 16.1 Å². The van der Waals surface area contributed by atoms with Gasteiger partial charge in [-0.2, -0.15) is 0 Å². The van der Waals surface area contributed by atoms with Gasteiger partial charge in [0.2, 0.25) is 0 Å². The van der Waals surface area contributed by atoms with Gasteiger partial charge in [0.1, 0.15) is 0 Å². The molecule has 0 aliphatic rings. The third-order valence-electron chi connectivity index (χ3n) is 1.25. The molecule has 0 amide bonds. The first-order valence-electron chi connectivity index (χ1n) is 3.68. The summed E-state index contributed by atoms with van der Waals surface area (Å²) < 4.78 is 0. The molecule has 0 radical (unpaired) electrons. The van der Waals surface area contributed by atoms with Crippen molar-refractivity contribution in [1.29, 1.82) is 0 Å². The zero-order valence-electron chi connectivity index (χ0n) is 7.10. The zero-order valence-corrected chi connectivity index (χ0v) is 7.91. The Bertz CT molecular complexity index is 352. The van der Waals surface area contributed by atoms with Crippen molar-refractivity contribution in [1.82, 2.24) is 4.98 Å². The number of aromatic nitrogens is 1. The summed E-state index contributed by atoms with van der Waals surface area (Å²) in [6, 6.07) is 0. The lowest BCUT2D eigenvalue weighted by molar-refractivity contribution is -0.131. The van der Waals surface area contributed by atoms with Gasteiger partial charge < -0.3 is 5.11 Å². The number of hydrogen-bond donors (Lipinski definition) is 1. The van der Waals surface area contributed by atoms with Crippen molar-refractivity contribution in [2.24, 2.45) is 0 Å². The van der Waals surface area contributed by atoms with Gasteiger partial charge in [0.15, 0.2) is 0 Å². The molecule has 0 aromatic carbocycles. The molecule has 1 aromatic rings. The number of hydrogen-bond acceptors (Lipinski definition) is 3. The van der Waals surface area contributed by atoms with Gasteiger partial charge in [0.05, 0.1) is 5.01 Å². The number of nitrogens with zero attached hydrogens (tertiary/aromatic N) is 1. The Hall–Kier alpha value is -1.42. The second-order valence-electron chi connectivity index (χ2n) is 2.34. The molecule has 1 N–H and O–H groups in total. The summed E-state index contributed by atoms with van der Waals surface area (Å²) in [5.41, 5.74) is 0. The van der Waals surface area contributed by atoms with Crippen LogP contribution in [0.2, 0.25) is 0 Å². The van der Waals surface area contributed by atoms with Crippen LogP contribution in [0.4, 0.5) is 0 Å². The monoisotopic (exact) mass is 195 g/mol. The molecule has 0 unspecified atom stereocenters. The Labute approximate surface area is 80.1 Å². The van der Waals surface area contributed by atoms with E-state index in [4.69, 9.17) is 5.11 Å². The van der Waals surface area contributed by atoms with Crippen LogP contribution in [0.3, 0.4) is 0 Å². The van der Waals surface area contributed by atoms with E-state index in [9.17, 15) is 4.79 Å². The van der Waals surface area contributed by atoms with Crippen LogP contribution >= 0.6 is 11.3 Å². The minimum absolute atomic E-state index is 0.940. The average Bonchev–Trinajstić information content (AvgIpc) is 2.45. The van der Waals surface area contributed by atoms with Crippen LogP contribution in [0.1, 0.15) is 9.88 Å². The first kappa shape index (κ1) is 9.67. The largest absolute Gasteiger partial charge is 0.478 e.